The summed E-state index contributed by atoms with van der Waals surface area (Å²) in [6.45, 7) is 6.92. The van der Waals surface area contributed by atoms with E-state index in [0.717, 1.165) is 17.8 Å². The fourth-order valence-corrected chi connectivity index (χ4v) is 6.21. The van der Waals surface area contributed by atoms with E-state index < -0.39 is 28.5 Å². The van der Waals surface area contributed by atoms with Crippen LogP contribution in [0.2, 0.25) is 0 Å². The van der Waals surface area contributed by atoms with E-state index in [4.69, 9.17) is 9.47 Å². The van der Waals surface area contributed by atoms with Gasteiger partial charge in [-0.05, 0) is 81.3 Å². The smallest absolute Gasteiger partial charge is 0.342 e. The number of hydrogen-bond donors (Lipinski definition) is 1. The lowest BCUT2D eigenvalue weighted by Gasteiger charge is -2.27. The van der Waals surface area contributed by atoms with E-state index in [1.54, 1.807) is 24.3 Å². The van der Waals surface area contributed by atoms with E-state index >= 15 is 0 Å². The lowest BCUT2D eigenvalue weighted by atomic mass is 10.2. The molecular formula is C29H33N3O6S. The molecule has 39 heavy (non-hydrogen) atoms. The zero-order valence-corrected chi connectivity index (χ0v) is 23.3. The summed E-state index contributed by atoms with van der Waals surface area (Å²) in [6.07, 6.45) is 0.604. The molecule has 1 aliphatic heterocycles. The fourth-order valence-electron chi connectivity index (χ4n) is 4.68. The molecule has 9 nitrogen and oxygen atoms in total. The molecule has 0 bridgehead atoms. The molecule has 1 N–H and O–H groups in total. The van der Waals surface area contributed by atoms with Gasteiger partial charge in [-0.15, -0.1) is 0 Å². The highest BCUT2D eigenvalue weighted by atomic mass is 32.2. The Balaban J connectivity index is 1.44. The van der Waals surface area contributed by atoms with Gasteiger partial charge in [0.2, 0.25) is 0 Å². The van der Waals surface area contributed by atoms with Gasteiger partial charge in [-0.25, -0.2) is 13.2 Å². The molecule has 1 aliphatic rings. The third-order valence-electron chi connectivity index (χ3n) is 6.60. The van der Waals surface area contributed by atoms with Gasteiger partial charge in [0.15, 0.2) is 6.61 Å². The molecular weight excluding hydrogens is 518 g/mol. The van der Waals surface area contributed by atoms with Crippen molar-refractivity contribution >= 4 is 39.0 Å². The van der Waals surface area contributed by atoms with Crippen molar-refractivity contribution in [3.8, 4) is 5.75 Å². The van der Waals surface area contributed by atoms with Crippen molar-refractivity contribution in [2.75, 3.05) is 41.3 Å². The van der Waals surface area contributed by atoms with Gasteiger partial charge in [0, 0.05) is 30.5 Å². The first-order valence-electron chi connectivity index (χ1n) is 12.8. The molecule has 10 heteroatoms. The molecule has 0 saturated carbocycles. The number of anilines is 3. The number of carbonyl (C=O) groups is 2. The number of carbonyl (C=O) groups excluding carboxylic acids is 2. The minimum atomic E-state index is -3.94. The largest absolute Gasteiger partial charge is 0.496 e. The summed E-state index contributed by atoms with van der Waals surface area (Å²) in [5, 5.41) is 2.70. The molecule has 0 aliphatic carbocycles. The predicted octanol–water partition coefficient (Wildman–Crippen LogP) is 4.48. The average molecular weight is 552 g/mol. The summed E-state index contributed by atoms with van der Waals surface area (Å²) >= 11 is 0. The Bertz CT molecular complexity index is 1450. The maximum Gasteiger partial charge on any atom is 0.342 e. The van der Waals surface area contributed by atoms with Crippen LogP contribution in [0.5, 0.6) is 5.75 Å². The molecule has 0 saturated heterocycles. The number of sulfonamides is 1. The van der Waals surface area contributed by atoms with E-state index in [0.29, 0.717) is 30.4 Å². The fraction of sp³-hybridized carbons (Fsp3) is 0.310. The van der Waals surface area contributed by atoms with Crippen molar-refractivity contribution in [1.82, 2.24) is 0 Å². The van der Waals surface area contributed by atoms with Crippen LogP contribution in [0.4, 0.5) is 17.1 Å². The topological polar surface area (TPSA) is 105 Å². The number of amides is 1. The van der Waals surface area contributed by atoms with E-state index in [1.165, 1.54) is 29.6 Å². The number of hydrogen-bond acceptors (Lipinski definition) is 7. The average Bonchev–Trinajstić information content (AvgIpc) is 3.37. The number of methoxy groups -OCH3 is 1. The molecule has 0 radical (unpaired) electrons. The number of esters is 1. The second kappa shape index (κ2) is 11.8. The number of ether oxygens (including phenoxy) is 2. The maximum absolute atomic E-state index is 13.4. The number of nitrogens with one attached hydrogen (secondary N) is 1. The van der Waals surface area contributed by atoms with Gasteiger partial charge >= 0.3 is 5.97 Å². The van der Waals surface area contributed by atoms with Crippen LogP contribution in [0.25, 0.3) is 0 Å². The van der Waals surface area contributed by atoms with E-state index in [1.807, 2.05) is 24.3 Å². The molecule has 1 amide bonds. The van der Waals surface area contributed by atoms with Crippen LogP contribution in [-0.4, -0.2) is 53.1 Å². The summed E-state index contributed by atoms with van der Waals surface area (Å²) in [4.78, 5) is 27.5. The molecule has 0 unspecified atom stereocenters. The lowest BCUT2D eigenvalue weighted by Crippen LogP contribution is -2.30. The summed E-state index contributed by atoms with van der Waals surface area (Å²) in [5.74, 6) is -1.25. The molecule has 4 rings (SSSR count). The molecule has 0 spiro atoms. The zero-order chi connectivity index (χ0) is 28.2. The van der Waals surface area contributed by atoms with Crippen LogP contribution in [0.15, 0.2) is 71.6 Å². The van der Waals surface area contributed by atoms with Gasteiger partial charge in [-0.1, -0.05) is 18.2 Å². The first kappa shape index (κ1) is 28.0. The maximum atomic E-state index is 13.4. The number of rotatable bonds is 10. The van der Waals surface area contributed by atoms with Crippen LogP contribution in [0.3, 0.4) is 0 Å². The Morgan fingerprint density at radius 1 is 1.05 bits per heavy atom. The molecule has 0 aromatic heterocycles. The van der Waals surface area contributed by atoms with Crippen LogP contribution >= 0.6 is 0 Å². The van der Waals surface area contributed by atoms with Crippen molar-refractivity contribution in [1.29, 1.82) is 0 Å². The Morgan fingerprint density at radius 2 is 1.77 bits per heavy atom. The summed E-state index contributed by atoms with van der Waals surface area (Å²) in [6, 6.07) is 19.1. The molecule has 1 heterocycles. The van der Waals surface area contributed by atoms with Gasteiger partial charge < -0.3 is 19.7 Å². The van der Waals surface area contributed by atoms with Gasteiger partial charge in [-0.2, -0.15) is 0 Å². The summed E-state index contributed by atoms with van der Waals surface area (Å²) in [5.41, 5.74) is 3.08. The van der Waals surface area contributed by atoms with Crippen LogP contribution in [-0.2, 0) is 26.0 Å². The summed E-state index contributed by atoms with van der Waals surface area (Å²) in [7, 11) is -2.57. The monoisotopic (exact) mass is 551 g/mol. The first-order chi connectivity index (χ1) is 18.6. The van der Waals surface area contributed by atoms with Gasteiger partial charge in [0.05, 0.1) is 17.7 Å². The van der Waals surface area contributed by atoms with Gasteiger partial charge in [-0.3, -0.25) is 9.10 Å². The van der Waals surface area contributed by atoms with Crippen molar-refractivity contribution < 1.29 is 27.5 Å². The Kier molecular flexibility index (Phi) is 8.44. The van der Waals surface area contributed by atoms with Crippen molar-refractivity contribution in [2.24, 2.45) is 0 Å². The van der Waals surface area contributed by atoms with Crippen LogP contribution in [0, 0.1) is 0 Å². The Labute approximate surface area is 229 Å². The molecule has 0 atom stereocenters. The van der Waals surface area contributed by atoms with Gasteiger partial charge in [0.25, 0.3) is 15.9 Å². The highest BCUT2D eigenvalue weighted by Crippen LogP contribution is 2.34. The zero-order valence-electron chi connectivity index (χ0n) is 22.5. The van der Waals surface area contributed by atoms with E-state index in [-0.39, 0.29) is 16.2 Å². The van der Waals surface area contributed by atoms with E-state index in [9.17, 15) is 18.0 Å². The lowest BCUT2D eigenvalue weighted by molar-refractivity contribution is -0.119. The van der Waals surface area contributed by atoms with E-state index in [2.05, 4.69) is 31.0 Å². The molecule has 206 valence electrons. The summed E-state index contributed by atoms with van der Waals surface area (Å²) < 4.78 is 38.7. The van der Waals surface area contributed by atoms with Crippen LogP contribution < -0.4 is 19.3 Å². The van der Waals surface area contributed by atoms with Crippen LogP contribution in [0.1, 0.15) is 36.7 Å². The molecule has 3 aromatic carbocycles. The number of para-hydroxylation sites is 1. The van der Waals surface area contributed by atoms with Crippen molar-refractivity contribution in [2.45, 2.75) is 38.1 Å². The SMILES string of the molecule is CCN(c1ccc(NC(=O)COC(=O)c2cc(S(=O)(=O)N3CCc4ccccc43)ccc2OC)cc1)C(C)C. The quantitative estimate of drug-likeness (QED) is 0.371. The first-order valence-corrected chi connectivity index (χ1v) is 14.2. The normalized spacial score (nSPS) is 12.7. The molecule has 3 aromatic rings. The minimum Gasteiger partial charge on any atom is -0.496 e. The Morgan fingerprint density at radius 3 is 2.44 bits per heavy atom. The second-order valence-electron chi connectivity index (χ2n) is 9.37. The standard InChI is InChI=1S/C29H33N3O6S/c1-5-31(20(2)3)23-12-10-22(11-13-23)30-28(33)19-38-29(34)25-18-24(14-15-27(25)37-4)39(35,36)32-17-16-21-8-6-7-9-26(21)32/h6-15,18,20H,5,16-17,19H2,1-4H3,(H,30,33). The van der Waals surface area contributed by atoms with Crippen molar-refractivity contribution in [3.63, 3.8) is 0 Å². The highest BCUT2D eigenvalue weighted by Gasteiger charge is 2.32. The minimum absolute atomic E-state index is 0.0704. The van der Waals surface area contributed by atoms with Gasteiger partial charge in [0.1, 0.15) is 11.3 Å². The second-order valence-corrected chi connectivity index (χ2v) is 11.2. The third-order valence-corrected chi connectivity index (χ3v) is 8.41. The number of nitrogens with zero attached hydrogens (tertiary/aromatic N) is 2. The highest BCUT2D eigenvalue weighted by molar-refractivity contribution is 7.92. The molecule has 0 fully saturated rings. The predicted molar refractivity (Wildman–Crippen MR) is 151 cm³/mol. The Hall–Kier alpha value is -4.05. The van der Waals surface area contributed by atoms with Crippen molar-refractivity contribution in [3.05, 3.63) is 77.9 Å². The third kappa shape index (κ3) is 6.01. The number of benzene rings is 3. The number of fused-ring (bicyclic) bond motifs is 1.